The molecule has 1 heterocycles. The topological polar surface area (TPSA) is 38.0 Å². The summed E-state index contributed by atoms with van der Waals surface area (Å²) in [6.07, 6.45) is 0. The molecule has 3 N–H and O–H groups in total. The SMILES string of the molecule is NC1(c2ccc(Cl)c(Cl)c2)CNC1. The van der Waals surface area contributed by atoms with Gasteiger partial charge in [-0.15, -0.1) is 0 Å². The standard InChI is InChI=1S/C9H10Cl2N2/c10-7-2-1-6(3-8(7)11)9(12)4-13-5-9/h1-3,13H,4-5,12H2. The van der Waals surface area contributed by atoms with Crippen LogP contribution in [0.4, 0.5) is 0 Å². The lowest BCUT2D eigenvalue weighted by Crippen LogP contribution is -2.62. The number of rotatable bonds is 1. The lowest BCUT2D eigenvalue weighted by atomic mass is 9.85. The second-order valence-electron chi connectivity index (χ2n) is 3.39. The Bertz CT molecular complexity index is 334. The summed E-state index contributed by atoms with van der Waals surface area (Å²) < 4.78 is 0. The smallest absolute Gasteiger partial charge is 0.0662 e. The van der Waals surface area contributed by atoms with E-state index in [2.05, 4.69) is 5.32 Å². The highest BCUT2D eigenvalue weighted by Crippen LogP contribution is 2.29. The van der Waals surface area contributed by atoms with Gasteiger partial charge in [0, 0.05) is 13.1 Å². The van der Waals surface area contributed by atoms with Gasteiger partial charge in [-0.25, -0.2) is 0 Å². The fraction of sp³-hybridized carbons (Fsp3) is 0.333. The van der Waals surface area contributed by atoms with Crippen LogP contribution in [0.3, 0.4) is 0 Å². The van der Waals surface area contributed by atoms with E-state index in [0.29, 0.717) is 10.0 Å². The van der Waals surface area contributed by atoms with Gasteiger partial charge in [0.15, 0.2) is 0 Å². The highest BCUT2D eigenvalue weighted by molar-refractivity contribution is 6.42. The number of halogens is 2. The van der Waals surface area contributed by atoms with Crippen molar-refractivity contribution in [3.05, 3.63) is 33.8 Å². The zero-order valence-corrected chi connectivity index (χ0v) is 8.49. The van der Waals surface area contributed by atoms with Crippen molar-refractivity contribution in [1.29, 1.82) is 0 Å². The average Bonchev–Trinajstić information content (AvgIpc) is 2.06. The van der Waals surface area contributed by atoms with E-state index >= 15 is 0 Å². The zero-order chi connectivity index (χ0) is 9.47. The van der Waals surface area contributed by atoms with E-state index < -0.39 is 0 Å². The van der Waals surface area contributed by atoms with Crippen LogP contribution in [0.25, 0.3) is 0 Å². The van der Waals surface area contributed by atoms with Crippen molar-refractivity contribution in [2.75, 3.05) is 13.1 Å². The van der Waals surface area contributed by atoms with Gasteiger partial charge in [-0.1, -0.05) is 29.3 Å². The third-order valence-corrected chi connectivity index (χ3v) is 3.11. The van der Waals surface area contributed by atoms with Gasteiger partial charge in [-0.2, -0.15) is 0 Å². The van der Waals surface area contributed by atoms with Crippen LogP contribution >= 0.6 is 23.2 Å². The second kappa shape index (κ2) is 3.14. The van der Waals surface area contributed by atoms with Crippen molar-refractivity contribution in [3.8, 4) is 0 Å². The van der Waals surface area contributed by atoms with E-state index in [9.17, 15) is 0 Å². The fourth-order valence-corrected chi connectivity index (χ4v) is 1.70. The first kappa shape index (κ1) is 9.28. The van der Waals surface area contributed by atoms with E-state index in [4.69, 9.17) is 28.9 Å². The van der Waals surface area contributed by atoms with Gasteiger partial charge in [-0.3, -0.25) is 0 Å². The number of benzene rings is 1. The molecular weight excluding hydrogens is 207 g/mol. The highest BCUT2D eigenvalue weighted by Gasteiger charge is 2.34. The summed E-state index contributed by atoms with van der Waals surface area (Å²) in [6, 6.07) is 5.55. The Hall–Kier alpha value is -0.280. The van der Waals surface area contributed by atoms with Crippen molar-refractivity contribution < 1.29 is 0 Å². The molecule has 1 aromatic carbocycles. The summed E-state index contributed by atoms with van der Waals surface area (Å²) in [4.78, 5) is 0. The first-order valence-electron chi connectivity index (χ1n) is 4.07. The molecular formula is C9H10Cl2N2. The van der Waals surface area contributed by atoms with Crippen LogP contribution in [0, 0.1) is 0 Å². The summed E-state index contributed by atoms with van der Waals surface area (Å²) in [5.41, 5.74) is 6.87. The predicted octanol–water partition coefficient (Wildman–Crippen LogP) is 1.75. The molecule has 2 nitrogen and oxygen atoms in total. The van der Waals surface area contributed by atoms with Crippen LogP contribution < -0.4 is 11.1 Å². The van der Waals surface area contributed by atoms with Crippen LogP contribution in [-0.2, 0) is 5.54 Å². The van der Waals surface area contributed by atoms with E-state index in [1.165, 1.54) is 0 Å². The molecule has 1 aliphatic rings. The first-order chi connectivity index (χ1) is 6.12. The highest BCUT2D eigenvalue weighted by atomic mass is 35.5. The Labute approximate surface area is 87.0 Å². The number of hydrogen-bond acceptors (Lipinski definition) is 2. The molecule has 13 heavy (non-hydrogen) atoms. The van der Waals surface area contributed by atoms with E-state index in [1.807, 2.05) is 12.1 Å². The minimum atomic E-state index is -0.256. The lowest BCUT2D eigenvalue weighted by Gasteiger charge is -2.39. The molecule has 0 atom stereocenters. The molecule has 0 unspecified atom stereocenters. The normalized spacial score (nSPS) is 19.6. The molecule has 0 aliphatic carbocycles. The van der Waals surface area contributed by atoms with Crippen molar-refractivity contribution in [3.63, 3.8) is 0 Å². The molecule has 2 rings (SSSR count). The van der Waals surface area contributed by atoms with Crippen LogP contribution in [-0.4, -0.2) is 13.1 Å². The third-order valence-electron chi connectivity index (χ3n) is 2.38. The zero-order valence-electron chi connectivity index (χ0n) is 6.98. The molecule has 0 saturated carbocycles. The monoisotopic (exact) mass is 216 g/mol. The van der Waals surface area contributed by atoms with E-state index in [1.54, 1.807) is 6.07 Å². The quantitative estimate of drug-likeness (QED) is 0.752. The largest absolute Gasteiger partial charge is 0.319 e. The minimum absolute atomic E-state index is 0.256. The molecule has 0 aromatic heterocycles. The molecule has 1 aromatic rings. The Balaban J connectivity index is 2.36. The predicted molar refractivity (Wildman–Crippen MR) is 55.2 cm³/mol. The second-order valence-corrected chi connectivity index (χ2v) is 4.20. The Kier molecular flexibility index (Phi) is 2.24. The molecule has 0 amide bonds. The third kappa shape index (κ3) is 1.55. The first-order valence-corrected chi connectivity index (χ1v) is 4.82. The number of hydrogen-bond donors (Lipinski definition) is 2. The Morgan fingerprint density at radius 3 is 2.38 bits per heavy atom. The molecule has 0 bridgehead atoms. The Morgan fingerprint density at radius 1 is 1.23 bits per heavy atom. The van der Waals surface area contributed by atoms with Gasteiger partial charge in [0.2, 0.25) is 0 Å². The van der Waals surface area contributed by atoms with Gasteiger partial charge < -0.3 is 11.1 Å². The summed E-state index contributed by atoms with van der Waals surface area (Å²) in [6.45, 7) is 1.59. The summed E-state index contributed by atoms with van der Waals surface area (Å²) in [7, 11) is 0. The molecule has 1 saturated heterocycles. The average molecular weight is 217 g/mol. The maximum atomic E-state index is 6.08. The summed E-state index contributed by atoms with van der Waals surface area (Å²) >= 11 is 11.7. The molecule has 0 radical (unpaired) electrons. The molecule has 1 fully saturated rings. The van der Waals surface area contributed by atoms with Crippen molar-refractivity contribution >= 4 is 23.2 Å². The molecule has 1 aliphatic heterocycles. The molecule has 4 heteroatoms. The number of nitrogens with two attached hydrogens (primary N) is 1. The van der Waals surface area contributed by atoms with Gasteiger partial charge in [-0.05, 0) is 17.7 Å². The van der Waals surface area contributed by atoms with Gasteiger partial charge >= 0.3 is 0 Å². The van der Waals surface area contributed by atoms with Crippen LogP contribution in [0.5, 0.6) is 0 Å². The summed E-state index contributed by atoms with van der Waals surface area (Å²) in [5, 5.41) is 4.27. The molecule has 0 spiro atoms. The van der Waals surface area contributed by atoms with Crippen molar-refractivity contribution in [1.82, 2.24) is 5.32 Å². The van der Waals surface area contributed by atoms with E-state index in [-0.39, 0.29) is 5.54 Å². The van der Waals surface area contributed by atoms with Crippen LogP contribution in [0.2, 0.25) is 10.0 Å². The van der Waals surface area contributed by atoms with E-state index in [0.717, 1.165) is 18.7 Å². The van der Waals surface area contributed by atoms with Gasteiger partial charge in [0.1, 0.15) is 0 Å². The van der Waals surface area contributed by atoms with Crippen molar-refractivity contribution in [2.45, 2.75) is 5.54 Å². The number of nitrogens with one attached hydrogen (secondary N) is 1. The summed E-state index contributed by atoms with van der Waals surface area (Å²) in [5.74, 6) is 0. The lowest BCUT2D eigenvalue weighted by molar-refractivity contribution is 0.287. The maximum absolute atomic E-state index is 6.08. The van der Waals surface area contributed by atoms with Crippen LogP contribution in [0.1, 0.15) is 5.56 Å². The van der Waals surface area contributed by atoms with Crippen molar-refractivity contribution in [2.24, 2.45) is 5.73 Å². The van der Waals surface area contributed by atoms with Crippen LogP contribution in [0.15, 0.2) is 18.2 Å². The van der Waals surface area contributed by atoms with Gasteiger partial charge in [0.05, 0.1) is 15.6 Å². The fourth-order valence-electron chi connectivity index (χ4n) is 1.40. The maximum Gasteiger partial charge on any atom is 0.0662 e. The molecule has 70 valence electrons. The Morgan fingerprint density at radius 2 is 1.92 bits per heavy atom. The van der Waals surface area contributed by atoms with Gasteiger partial charge in [0.25, 0.3) is 0 Å². The minimum Gasteiger partial charge on any atom is -0.319 e.